The lowest BCUT2D eigenvalue weighted by Gasteiger charge is -2.60. The van der Waals surface area contributed by atoms with Crippen LogP contribution in [0.4, 0.5) is 0 Å². The molecule has 6 atom stereocenters. The van der Waals surface area contributed by atoms with Crippen molar-refractivity contribution in [3.05, 3.63) is 138 Å². The maximum atomic E-state index is 15.2. The van der Waals surface area contributed by atoms with Crippen LogP contribution in [-0.4, -0.2) is 84.1 Å². The molecule has 0 radical (unpaired) electrons. The van der Waals surface area contributed by atoms with Crippen LogP contribution in [0.25, 0.3) is 0 Å². The molecule has 4 aliphatic rings. The number of carbonyl (C=O) groups excluding carboxylic acids is 1. The SMILES string of the molecule is C=CCO[C@@]12Oc3ccc(OCCSc4ccccc4)cc3[C@H]3[C@H](CCCCO)[C@@H](CCCCO)C=C(C(=NOCc4ccccc4)C[C@@H]1N(CCC)C(=O)c1ccc4c(c1)OCO4)[C@H]32. The van der Waals surface area contributed by atoms with Crippen LogP contribution in [0.1, 0.15) is 85.7 Å². The van der Waals surface area contributed by atoms with E-state index in [0.717, 1.165) is 59.6 Å². The van der Waals surface area contributed by atoms with Gasteiger partial charge in [-0.15, -0.1) is 18.3 Å². The van der Waals surface area contributed by atoms with Gasteiger partial charge in [0.25, 0.3) is 5.91 Å². The van der Waals surface area contributed by atoms with Crippen molar-refractivity contribution in [3.8, 4) is 23.0 Å². The molecule has 0 aromatic heterocycles. The molecule has 65 heavy (non-hydrogen) atoms. The quantitative estimate of drug-likeness (QED) is 0.0321. The maximum Gasteiger partial charge on any atom is 0.254 e. The van der Waals surface area contributed by atoms with E-state index in [1.807, 2.05) is 65.6 Å². The van der Waals surface area contributed by atoms with E-state index in [2.05, 4.69) is 37.8 Å². The molecule has 4 aromatic rings. The van der Waals surface area contributed by atoms with Gasteiger partial charge in [-0.2, -0.15) is 0 Å². The highest BCUT2D eigenvalue weighted by atomic mass is 32.2. The molecule has 12 heteroatoms. The van der Waals surface area contributed by atoms with Crippen molar-refractivity contribution in [2.24, 2.45) is 22.9 Å². The summed E-state index contributed by atoms with van der Waals surface area (Å²) < 4.78 is 32.5. The predicted octanol–water partition coefficient (Wildman–Crippen LogP) is 9.97. The highest BCUT2D eigenvalue weighted by molar-refractivity contribution is 7.99. The standard InChI is InChI=1S/C53H62N2O9S/c1-3-25-55(52(58)39-21-23-47-48(32-39)61-36-60-47)49-34-45(54-63-35-37-15-7-5-8-16-37)43-31-38(17-11-13-26-56)42(20-12-14-27-57)50-44-33-40(59-29-30-65-41-18-9-6-10-19-41)22-24-46(44)64-53(49,51(43)50)62-28-4-2/h4-10,15-16,18-19,21-24,31-33,38,42,49-51,56-57H,2-3,11-14,17,20,25-30,34-36H2,1H3/t38-,42+,49-,50+,51+,53+/m0/s1. The van der Waals surface area contributed by atoms with E-state index >= 15 is 4.79 Å². The first kappa shape index (κ1) is 46.3. The molecule has 2 aliphatic heterocycles. The minimum atomic E-state index is -1.38. The fourth-order valence-corrected chi connectivity index (χ4v) is 10.9. The second-order valence-electron chi connectivity index (χ2n) is 17.1. The van der Waals surface area contributed by atoms with Crippen LogP contribution in [0.2, 0.25) is 0 Å². The fraction of sp³-hybridized carbons (Fsp3) is 0.434. The number of allylic oxidation sites excluding steroid dienone is 1. The van der Waals surface area contributed by atoms with Gasteiger partial charge in [0.2, 0.25) is 12.6 Å². The number of rotatable bonds is 23. The number of amides is 1. The van der Waals surface area contributed by atoms with Crippen LogP contribution in [0.15, 0.2) is 131 Å². The number of fused-ring (bicyclic) bond motifs is 3. The van der Waals surface area contributed by atoms with Gasteiger partial charge < -0.3 is 43.6 Å². The molecule has 1 amide bonds. The summed E-state index contributed by atoms with van der Waals surface area (Å²) in [6, 6.07) is 31.1. The van der Waals surface area contributed by atoms with Crippen molar-refractivity contribution in [3.63, 3.8) is 0 Å². The van der Waals surface area contributed by atoms with Gasteiger partial charge in [0, 0.05) is 53.9 Å². The number of hydrogen-bond acceptors (Lipinski definition) is 11. The number of unbranched alkanes of at least 4 members (excludes halogenated alkanes) is 2. The maximum absolute atomic E-state index is 15.2. The largest absolute Gasteiger partial charge is 0.493 e. The van der Waals surface area contributed by atoms with Gasteiger partial charge >= 0.3 is 0 Å². The molecule has 2 N–H and O–H groups in total. The van der Waals surface area contributed by atoms with E-state index in [1.165, 1.54) is 4.90 Å². The van der Waals surface area contributed by atoms with Gasteiger partial charge in [-0.25, -0.2) is 0 Å². The third-order valence-corrected chi connectivity index (χ3v) is 14.0. The Bertz CT molecular complexity index is 2270. The third-order valence-electron chi connectivity index (χ3n) is 13.0. The van der Waals surface area contributed by atoms with E-state index in [1.54, 1.807) is 36.0 Å². The molecule has 4 aromatic carbocycles. The first-order valence-corrected chi connectivity index (χ1v) is 24.2. The van der Waals surface area contributed by atoms with E-state index in [-0.39, 0.29) is 56.9 Å². The average molecular weight is 903 g/mol. The van der Waals surface area contributed by atoms with Crippen molar-refractivity contribution in [2.75, 3.05) is 45.5 Å². The smallest absolute Gasteiger partial charge is 0.254 e. The monoisotopic (exact) mass is 902 g/mol. The fourth-order valence-electron chi connectivity index (χ4n) is 10.2. The van der Waals surface area contributed by atoms with E-state index in [9.17, 15) is 10.2 Å². The van der Waals surface area contributed by atoms with Gasteiger partial charge in [0.1, 0.15) is 24.1 Å². The lowest BCUT2D eigenvalue weighted by molar-refractivity contribution is -0.254. The topological polar surface area (TPSA) is 129 Å². The lowest BCUT2D eigenvalue weighted by Crippen LogP contribution is -2.70. The molecular weight excluding hydrogens is 841 g/mol. The highest BCUT2D eigenvalue weighted by Gasteiger charge is 2.65. The van der Waals surface area contributed by atoms with E-state index in [0.29, 0.717) is 61.6 Å². The van der Waals surface area contributed by atoms with Gasteiger partial charge in [-0.05, 0) is 104 Å². The van der Waals surface area contributed by atoms with E-state index < -0.39 is 17.7 Å². The molecule has 0 bridgehead atoms. The van der Waals surface area contributed by atoms with Gasteiger partial charge in [-0.1, -0.05) is 85.6 Å². The van der Waals surface area contributed by atoms with Crippen LogP contribution in [-0.2, 0) is 16.2 Å². The number of aliphatic hydroxyl groups is 2. The first-order chi connectivity index (χ1) is 32.0. The second-order valence-corrected chi connectivity index (χ2v) is 18.3. The minimum Gasteiger partial charge on any atom is -0.493 e. The van der Waals surface area contributed by atoms with Crippen molar-refractivity contribution < 1.29 is 43.5 Å². The molecule has 2 aliphatic carbocycles. The number of aliphatic hydroxyl groups excluding tert-OH is 2. The van der Waals surface area contributed by atoms with E-state index in [4.69, 9.17) is 33.7 Å². The van der Waals surface area contributed by atoms with Gasteiger partial charge in [-0.3, -0.25) is 4.79 Å². The third kappa shape index (κ3) is 10.4. The Kier molecular flexibility index (Phi) is 15.9. The minimum absolute atomic E-state index is 0.0849. The number of benzene rings is 4. The summed E-state index contributed by atoms with van der Waals surface area (Å²) >= 11 is 1.75. The number of ether oxygens (including phenoxy) is 5. The van der Waals surface area contributed by atoms with Crippen molar-refractivity contribution in [2.45, 2.75) is 87.5 Å². The lowest BCUT2D eigenvalue weighted by atomic mass is 9.55. The van der Waals surface area contributed by atoms with Crippen LogP contribution in [0.5, 0.6) is 23.0 Å². The molecule has 11 nitrogen and oxygen atoms in total. The summed E-state index contributed by atoms with van der Waals surface area (Å²) in [5, 5.41) is 25.0. The predicted molar refractivity (Wildman–Crippen MR) is 253 cm³/mol. The van der Waals surface area contributed by atoms with Gasteiger partial charge in [0.15, 0.2) is 11.5 Å². The Morgan fingerprint density at radius 1 is 0.923 bits per heavy atom. The molecule has 8 rings (SSSR count). The van der Waals surface area contributed by atoms with Crippen LogP contribution >= 0.6 is 11.8 Å². The Labute approximate surface area is 387 Å². The molecular formula is C53H62N2O9S. The van der Waals surface area contributed by atoms with Crippen LogP contribution in [0, 0.1) is 17.8 Å². The van der Waals surface area contributed by atoms with Crippen LogP contribution < -0.4 is 18.9 Å². The summed E-state index contributed by atoms with van der Waals surface area (Å²) in [6.45, 7) is 7.85. The molecule has 344 valence electrons. The molecule has 2 heterocycles. The van der Waals surface area contributed by atoms with Crippen LogP contribution in [0.3, 0.4) is 0 Å². The number of oxime groups is 1. The molecule has 0 saturated heterocycles. The molecule has 0 unspecified atom stereocenters. The molecule has 0 spiro atoms. The summed E-state index contributed by atoms with van der Waals surface area (Å²) in [7, 11) is 0. The first-order valence-electron chi connectivity index (χ1n) is 23.2. The zero-order valence-electron chi connectivity index (χ0n) is 37.4. The summed E-state index contributed by atoms with van der Waals surface area (Å²) in [5.41, 5.74) is 4.21. The highest BCUT2D eigenvalue weighted by Crippen LogP contribution is 2.62. The number of carbonyl (C=O) groups is 1. The number of thioether (sulfide) groups is 1. The van der Waals surface area contributed by atoms with Crippen molar-refractivity contribution >= 4 is 23.4 Å². The normalized spacial score (nSPS) is 23.2. The number of nitrogens with zero attached hydrogens (tertiary/aromatic N) is 2. The zero-order chi connectivity index (χ0) is 45.0. The Morgan fingerprint density at radius 3 is 2.45 bits per heavy atom. The van der Waals surface area contributed by atoms with Gasteiger partial charge in [0.05, 0.1) is 24.8 Å². The molecule has 1 saturated carbocycles. The Hall–Kier alpha value is -5.27. The summed E-state index contributed by atoms with van der Waals surface area (Å²) in [6.07, 6.45) is 9.80. The average Bonchev–Trinajstić information content (AvgIpc) is 3.82. The number of hydrogen-bond donors (Lipinski definition) is 2. The molecule has 1 fully saturated rings. The van der Waals surface area contributed by atoms with Crippen molar-refractivity contribution in [1.29, 1.82) is 0 Å². The zero-order valence-corrected chi connectivity index (χ0v) is 38.2. The Balaban J connectivity index is 1.27. The Morgan fingerprint density at radius 2 is 1.68 bits per heavy atom. The second kappa shape index (κ2) is 22.3. The summed E-state index contributed by atoms with van der Waals surface area (Å²) in [5.74, 6) is 1.35. The summed E-state index contributed by atoms with van der Waals surface area (Å²) in [4.78, 5) is 24.5. The van der Waals surface area contributed by atoms with Crippen molar-refractivity contribution in [1.82, 2.24) is 4.90 Å².